The molecule has 7 heteroatoms. The molecule has 0 aliphatic heterocycles. The van der Waals surface area contributed by atoms with Gasteiger partial charge in [0, 0.05) is 11.4 Å². The van der Waals surface area contributed by atoms with E-state index in [1.165, 1.54) is 7.11 Å². The fraction of sp³-hybridized carbons (Fsp3) is 0.154. The number of hydrogen-bond acceptors (Lipinski definition) is 5. The molecule has 0 radical (unpaired) electrons. The lowest BCUT2D eigenvalue weighted by Crippen LogP contribution is -2.03. The maximum absolute atomic E-state index is 11.6. The Bertz CT molecular complexity index is 715. The zero-order valence-electron chi connectivity index (χ0n) is 10.9. The van der Waals surface area contributed by atoms with Crippen molar-refractivity contribution in [2.45, 2.75) is 6.92 Å². The van der Waals surface area contributed by atoms with Crippen LogP contribution in [0.4, 0.5) is 11.5 Å². The second-order valence-corrected chi connectivity index (χ2v) is 4.86. The molecule has 104 valence electrons. The zero-order chi connectivity index (χ0) is 14.7. The molecule has 1 heterocycles. The van der Waals surface area contributed by atoms with Crippen LogP contribution in [0.2, 0.25) is 5.02 Å². The van der Waals surface area contributed by atoms with Crippen molar-refractivity contribution >= 4 is 41.3 Å². The van der Waals surface area contributed by atoms with Gasteiger partial charge in [0.25, 0.3) is 0 Å². The number of aromatic amines is 1. The number of carbonyl (C=O) groups excluding carboxylic acids is 1. The zero-order valence-corrected chi connectivity index (χ0v) is 12.4. The predicted molar refractivity (Wildman–Crippen MR) is 80.2 cm³/mol. The molecule has 0 aliphatic rings. The molecule has 1 aromatic heterocycles. The molecule has 2 N–H and O–H groups in total. The van der Waals surface area contributed by atoms with Gasteiger partial charge in [0.1, 0.15) is 5.82 Å². The van der Waals surface area contributed by atoms with E-state index in [2.05, 4.69) is 20.0 Å². The molecule has 20 heavy (non-hydrogen) atoms. The Morgan fingerprint density at radius 3 is 2.85 bits per heavy atom. The van der Waals surface area contributed by atoms with Gasteiger partial charge in [-0.1, -0.05) is 11.6 Å². The Morgan fingerprint density at radius 2 is 2.20 bits per heavy atom. The SMILES string of the molecule is COC(=O)c1cc(Nc2cc(C)[nH]c(=S)n2)ccc1Cl. The van der Waals surface area contributed by atoms with Gasteiger partial charge in [-0.25, -0.2) is 9.78 Å². The summed E-state index contributed by atoms with van der Waals surface area (Å²) in [6, 6.07) is 6.77. The van der Waals surface area contributed by atoms with Gasteiger partial charge in [-0.2, -0.15) is 0 Å². The summed E-state index contributed by atoms with van der Waals surface area (Å²) in [7, 11) is 1.31. The normalized spacial score (nSPS) is 10.2. The number of aromatic nitrogens is 2. The minimum Gasteiger partial charge on any atom is -0.465 e. The smallest absolute Gasteiger partial charge is 0.339 e. The monoisotopic (exact) mass is 309 g/mol. The summed E-state index contributed by atoms with van der Waals surface area (Å²) < 4.78 is 5.06. The van der Waals surface area contributed by atoms with E-state index in [1.807, 2.05) is 13.0 Å². The molecule has 2 aromatic rings. The number of ether oxygens (including phenoxy) is 1. The van der Waals surface area contributed by atoms with Crippen molar-refractivity contribution < 1.29 is 9.53 Å². The topological polar surface area (TPSA) is 67.0 Å². The summed E-state index contributed by atoms with van der Waals surface area (Å²) in [5, 5.41) is 3.40. The first-order chi connectivity index (χ1) is 9.49. The minimum absolute atomic E-state index is 0.289. The van der Waals surface area contributed by atoms with Gasteiger partial charge in [0.15, 0.2) is 4.77 Å². The van der Waals surface area contributed by atoms with Gasteiger partial charge in [0.2, 0.25) is 0 Å². The first-order valence-corrected chi connectivity index (χ1v) is 6.51. The van der Waals surface area contributed by atoms with Crippen LogP contribution < -0.4 is 5.32 Å². The van der Waals surface area contributed by atoms with Crippen molar-refractivity contribution in [3.05, 3.63) is 45.3 Å². The van der Waals surface area contributed by atoms with Crippen LogP contribution in [0.3, 0.4) is 0 Å². The van der Waals surface area contributed by atoms with Gasteiger partial charge in [-0.05, 0) is 43.4 Å². The molecule has 0 spiro atoms. The van der Waals surface area contributed by atoms with Gasteiger partial charge < -0.3 is 15.0 Å². The molecule has 5 nitrogen and oxygen atoms in total. The van der Waals surface area contributed by atoms with Crippen molar-refractivity contribution in [3.8, 4) is 0 Å². The van der Waals surface area contributed by atoms with Crippen molar-refractivity contribution in [1.29, 1.82) is 0 Å². The highest BCUT2D eigenvalue weighted by Gasteiger charge is 2.11. The number of carbonyl (C=O) groups is 1. The quantitative estimate of drug-likeness (QED) is 0.669. The first kappa shape index (κ1) is 14.5. The lowest BCUT2D eigenvalue weighted by atomic mass is 10.2. The summed E-state index contributed by atoms with van der Waals surface area (Å²) in [5.41, 5.74) is 1.84. The van der Waals surface area contributed by atoms with E-state index in [0.717, 1.165) is 5.69 Å². The Labute approximate surface area is 126 Å². The third-order valence-corrected chi connectivity index (χ3v) is 3.05. The third kappa shape index (κ3) is 3.34. The molecule has 0 amide bonds. The lowest BCUT2D eigenvalue weighted by molar-refractivity contribution is 0.0601. The van der Waals surface area contributed by atoms with E-state index < -0.39 is 5.97 Å². The summed E-state index contributed by atoms with van der Waals surface area (Å²) in [6.45, 7) is 1.88. The third-order valence-electron chi connectivity index (χ3n) is 2.52. The molecule has 0 aliphatic carbocycles. The van der Waals surface area contributed by atoms with E-state index in [9.17, 15) is 4.79 Å². The highest BCUT2D eigenvalue weighted by Crippen LogP contribution is 2.23. The van der Waals surface area contributed by atoms with Crippen LogP contribution in [-0.4, -0.2) is 23.0 Å². The molecule has 0 fully saturated rings. The van der Waals surface area contributed by atoms with E-state index in [-0.39, 0.29) is 5.56 Å². The average Bonchev–Trinajstić information content (AvgIpc) is 2.39. The molecule has 0 saturated carbocycles. The van der Waals surface area contributed by atoms with E-state index in [4.69, 9.17) is 23.8 Å². The average molecular weight is 310 g/mol. The van der Waals surface area contributed by atoms with Crippen LogP contribution in [-0.2, 0) is 4.74 Å². The molecular weight excluding hydrogens is 298 g/mol. The van der Waals surface area contributed by atoms with Crippen LogP contribution in [0.15, 0.2) is 24.3 Å². The molecule has 0 unspecified atom stereocenters. The van der Waals surface area contributed by atoms with Gasteiger partial charge in [-0.3, -0.25) is 0 Å². The number of methoxy groups -OCH3 is 1. The van der Waals surface area contributed by atoms with Crippen molar-refractivity contribution in [2.24, 2.45) is 0 Å². The molecule has 0 saturated heterocycles. The Kier molecular flexibility index (Phi) is 4.36. The highest BCUT2D eigenvalue weighted by molar-refractivity contribution is 7.71. The van der Waals surface area contributed by atoms with Crippen molar-refractivity contribution in [1.82, 2.24) is 9.97 Å². The molecule has 0 bridgehead atoms. The maximum Gasteiger partial charge on any atom is 0.339 e. The lowest BCUT2D eigenvalue weighted by Gasteiger charge is -2.09. The van der Waals surface area contributed by atoms with Crippen molar-refractivity contribution in [3.63, 3.8) is 0 Å². The number of hydrogen-bond donors (Lipinski definition) is 2. The molecular formula is C13H12ClN3O2S. The minimum atomic E-state index is -0.492. The summed E-state index contributed by atoms with van der Waals surface area (Å²) in [4.78, 5) is 18.6. The van der Waals surface area contributed by atoms with Crippen LogP contribution in [0.25, 0.3) is 0 Å². The Hall–Kier alpha value is -1.92. The van der Waals surface area contributed by atoms with Crippen LogP contribution in [0, 0.1) is 11.7 Å². The number of anilines is 2. The summed E-state index contributed by atoms with van der Waals surface area (Å²) >= 11 is 11.0. The van der Waals surface area contributed by atoms with Crippen LogP contribution in [0.5, 0.6) is 0 Å². The van der Waals surface area contributed by atoms with Crippen LogP contribution in [0.1, 0.15) is 16.1 Å². The number of halogens is 1. The van der Waals surface area contributed by atoms with E-state index >= 15 is 0 Å². The second-order valence-electron chi connectivity index (χ2n) is 4.07. The van der Waals surface area contributed by atoms with Crippen LogP contribution >= 0.6 is 23.8 Å². The number of aryl methyl sites for hydroxylation is 1. The standard InChI is InChI=1S/C13H12ClN3O2S/c1-7-5-11(17-13(20)15-7)16-8-3-4-10(14)9(6-8)12(18)19-2/h3-6H,1-2H3,(H2,15,16,17,20). The molecule has 0 atom stereocenters. The Balaban J connectivity index is 2.34. The number of H-pyrrole nitrogens is 1. The summed E-state index contributed by atoms with van der Waals surface area (Å²) in [6.07, 6.45) is 0. The van der Waals surface area contributed by atoms with E-state index in [1.54, 1.807) is 18.2 Å². The Morgan fingerprint density at radius 1 is 1.45 bits per heavy atom. The maximum atomic E-state index is 11.6. The largest absolute Gasteiger partial charge is 0.465 e. The predicted octanol–water partition coefficient (Wildman–Crippen LogP) is 3.63. The summed E-state index contributed by atoms with van der Waals surface area (Å²) in [5.74, 6) is 0.0949. The fourth-order valence-corrected chi connectivity index (χ4v) is 2.11. The number of esters is 1. The number of benzene rings is 1. The number of nitrogens with zero attached hydrogens (tertiary/aromatic N) is 1. The highest BCUT2D eigenvalue weighted by atomic mass is 35.5. The molecule has 2 rings (SSSR count). The first-order valence-electron chi connectivity index (χ1n) is 5.72. The number of nitrogens with one attached hydrogen (secondary N) is 2. The molecule has 1 aromatic carbocycles. The van der Waals surface area contributed by atoms with Gasteiger partial charge in [-0.15, -0.1) is 0 Å². The van der Waals surface area contributed by atoms with Gasteiger partial charge >= 0.3 is 5.97 Å². The van der Waals surface area contributed by atoms with Gasteiger partial charge in [0.05, 0.1) is 17.7 Å². The van der Waals surface area contributed by atoms with Crippen molar-refractivity contribution in [2.75, 3.05) is 12.4 Å². The second kappa shape index (κ2) is 6.02. The fourth-order valence-electron chi connectivity index (χ4n) is 1.66. The number of rotatable bonds is 3. The van der Waals surface area contributed by atoms with E-state index in [0.29, 0.717) is 21.3 Å².